The number of nitrogens with one attached hydrogen (secondary N) is 2. The number of rotatable bonds is 13. The first kappa shape index (κ1) is 26.2. The SMILES string of the molecule is C=Cc1ccccc1C1=C(CCCCc2ccc(C(=O)NN=O)cc2)CCC(CNCCO)C1=O. The van der Waals surface area contributed by atoms with E-state index < -0.39 is 5.91 Å². The van der Waals surface area contributed by atoms with Gasteiger partial charge in [-0.15, -0.1) is 4.91 Å². The monoisotopic (exact) mass is 475 g/mol. The number of Topliss-reactive ketones (excluding diaryl/α,β-unsaturated/α-hetero) is 1. The number of carbonyl (C=O) groups is 2. The van der Waals surface area contributed by atoms with Gasteiger partial charge in [-0.3, -0.25) is 9.59 Å². The number of aliphatic hydroxyl groups excluding tert-OH is 1. The normalized spacial score (nSPS) is 15.7. The van der Waals surface area contributed by atoms with Gasteiger partial charge in [-0.05, 0) is 67.3 Å². The van der Waals surface area contributed by atoms with E-state index in [0.29, 0.717) is 18.7 Å². The fourth-order valence-corrected chi connectivity index (χ4v) is 4.61. The molecule has 35 heavy (non-hydrogen) atoms. The van der Waals surface area contributed by atoms with Crippen LogP contribution in [0.3, 0.4) is 0 Å². The van der Waals surface area contributed by atoms with E-state index in [0.717, 1.165) is 60.8 Å². The average molecular weight is 476 g/mol. The van der Waals surface area contributed by atoms with Gasteiger partial charge < -0.3 is 10.4 Å². The molecule has 0 saturated carbocycles. The minimum Gasteiger partial charge on any atom is -0.395 e. The summed E-state index contributed by atoms with van der Waals surface area (Å²) in [5, 5.41) is 14.7. The molecule has 1 aliphatic rings. The van der Waals surface area contributed by atoms with Crippen molar-refractivity contribution in [2.24, 2.45) is 11.2 Å². The van der Waals surface area contributed by atoms with Crippen LogP contribution in [0, 0.1) is 10.8 Å². The summed E-state index contributed by atoms with van der Waals surface area (Å²) in [5.41, 5.74) is 7.36. The number of ketones is 1. The Labute approximate surface area is 206 Å². The number of nitroso groups, excluding NO2 is 1. The van der Waals surface area contributed by atoms with Crippen molar-refractivity contribution in [1.29, 1.82) is 0 Å². The second-order valence-electron chi connectivity index (χ2n) is 8.73. The summed E-state index contributed by atoms with van der Waals surface area (Å²) < 4.78 is 0. The predicted molar refractivity (Wildman–Crippen MR) is 138 cm³/mol. The van der Waals surface area contributed by atoms with Crippen molar-refractivity contribution in [3.05, 3.63) is 87.8 Å². The number of allylic oxidation sites excluding steroid dienone is 2. The summed E-state index contributed by atoms with van der Waals surface area (Å²) in [6.07, 6.45) is 7.12. The molecule has 0 bridgehead atoms. The lowest BCUT2D eigenvalue weighted by atomic mass is 9.77. The van der Waals surface area contributed by atoms with Crippen LogP contribution in [0.4, 0.5) is 0 Å². The lowest BCUT2D eigenvalue weighted by Crippen LogP contribution is -2.33. The van der Waals surface area contributed by atoms with E-state index in [2.05, 4.69) is 17.2 Å². The van der Waals surface area contributed by atoms with E-state index in [1.165, 1.54) is 5.57 Å². The number of unbranched alkanes of at least 4 members (excludes halogenated alkanes) is 1. The van der Waals surface area contributed by atoms with Gasteiger partial charge in [0, 0.05) is 30.1 Å². The van der Waals surface area contributed by atoms with Crippen molar-refractivity contribution in [1.82, 2.24) is 10.7 Å². The third kappa shape index (κ3) is 7.04. The fraction of sp³-hybridized carbons (Fsp3) is 0.357. The molecule has 1 unspecified atom stereocenters. The van der Waals surface area contributed by atoms with E-state index >= 15 is 0 Å². The number of aryl methyl sites for hydroxylation is 1. The Hall–Kier alpha value is -3.42. The van der Waals surface area contributed by atoms with Gasteiger partial charge in [0.05, 0.1) is 11.9 Å². The molecular formula is C28H33N3O4. The second-order valence-corrected chi connectivity index (χ2v) is 8.73. The number of benzene rings is 2. The maximum Gasteiger partial charge on any atom is 0.273 e. The first-order valence-corrected chi connectivity index (χ1v) is 12.1. The zero-order valence-corrected chi connectivity index (χ0v) is 20.0. The van der Waals surface area contributed by atoms with Crippen LogP contribution in [-0.4, -0.2) is 36.5 Å². The number of amides is 1. The maximum absolute atomic E-state index is 13.5. The van der Waals surface area contributed by atoms with Crippen molar-refractivity contribution >= 4 is 23.3 Å². The van der Waals surface area contributed by atoms with Crippen LogP contribution in [-0.2, 0) is 11.2 Å². The highest BCUT2D eigenvalue weighted by Crippen LogP contribution is 2.37. The molecule has 0 aromatic heterocycles. The first-order valence-electron chi connectivity index (χ1n) is 12.1. The Morgan fingerprint density at radius 2 is 1.86 bits per heavy atom. The Balaban J connectivity index is 1.69. The van der Waals surface area contributed by atoms with Gasteiger partial charge in [0.2, 0.25) is 0 Å². The Morgan fingerprint density at radius 3 is 2.57 bits per heavy atom. The third-order valence-corrected chi connectivity index (χ3v) is 6.45. The molecule has 2 aromatic carbocycles. The van der Waals surface area contributed by atoms with Crippen LogP contribution in [0.1, 0.15) is 59.2 Å². The molecule has 3 N–H and O–H groups in total. The van der Waals surface area contributed by atoms with Crippen LogP contribution in [0.15, 0.2) is 66.0 Å². The van der Waals surface area contributed by atoms with Gasteiger partial charge >= 0.3 is 0 Å². The van der Waals surface area contributed by atoms with Gasteiger partial charge in [0.15, 0.2) is 5.78 Å². The molecule has 1 atom stereocenters. The van der Waals surface area contributed by atoms with E-state index in [-0.39, 0.29) is 18.3 Å². The highest BCUT2D eigenvalue weighted by atomic mass is 16.3. The Bertz CT molecular complexity index is 1080. The van der Waals surface area contributed by atoms with Crippen molar-refractivity contribution in [2.45, 2.75) is 38.5 Å². The zero-order valence-electron chi connectivity index (χ0n) is 20.0. The summed E-state index contributed by atoms with van der Waals surface area (Å²) in [7, 11) is 0. The second kappa shape index (κ2) is 13.5. The molecule has 184 valence electrons. The molecule has 3 rings (SSSR count). The topological polar surface area (TPSA) is 108 Å². The van der Waals surface area contributed by atoms with Crippen LogP contribution in [0.5, 0.6) is 0 Å². The molecule has 0 radical (unpaired) electrons. The molecular weight excluding hydrogens is 442 g/mol. The van der Waals surface area contributed by atoms with Gasteiger partial charge in [-0.2, -0.15) is 0 Å². The average Bonchev–Trinajstić information content (AvgIpc) is 2.88. The zero-order chi connectivity index (χ0) is 25.0. The molecule has 7 nitrogen and oxygen atoms in total. The summed E-state index contributed by atoms with van der Waals surface area (Å²) in [5.74, 6) is -0.439. The quantitative estimate of drug-likeness (QED) is 0.225. The predicted octanol–water partition coefficient (Wildman–Crippen LogP) is 4.47. The summed E-state index contributed by atoms with van der Waals surface area (Å²) in [4.78, 5) is 35.4. The Morgan fingerprint density at radius 1 is 1.11 bits per heavy atom. The van der Waals surface area contributed by atoms with Crippen molar-refractivity contribution in [2.75, 3.05) is 19.7 Å². The minimum absolute atomic E-state index is 0.0556. The van der Waals surface area contributed by atoms with Crippen molar-refractivity contribution < 1.29 is 14.7 Å². The van der Waals surface area contributed by atoms with Gasteiger partial charge in [-0.25, -0.2) is 5.43 Å². The fourth-order valence-electron chi connectivity index (χ4n) is 4.61. The molecule has 0 fully saturated rings. The lowest BCUT2D eigenvalue weighted by molar-refractivity contribution is -0.117. The van der Waals surface area contributed by atoms with E-state index in [1.807, 2.05) is 41.8 Å². The van der Waals surface area contributed by atoms with Crippen LogP contribution >= 0.6 is 0 Å². The smallest absolute Gasteiger partial charge is 0.273 e. The summed E-state index contributed by atoms with van der Waals surface area (Å²) in [6, 6.07) is 15.1. The molecule has 0 saturated heterocycles. The molecule has 2 aromatic rings. The van der Waals surface area contributed by atoms with Crippen LogP contribution in [0.2, 0.25) is 0 Å². The van der Waals surface area contributed by atoms with E-state index in [1.54, 1.807) is 18.2 Å². The van der Waals surface area contributed by atoms with Crippen molar-refractivity contribution in [3.8, 4) is 0 Å². The largest absolute Gasteiger partial charge is 0.395 e. The van der Waals surface area contributed by atoms with Crippen LogP contribution in [0.25, 0.3) is 11.6 Å². The van der Waals surface area contributed by atoms with Crippen molar-refractivity contribution in [3.63, 3.8) is 0 Å². The third-order valence-electron chi connectivity index (χ3n) is 6.45. The highest BCUT2D eigenvalue weighted by Gasteiger charge is 2.30. The van der Waals surface area contributed by atoms with Gasteiger partial charge in [0.25, 0.3) is 5.91 Å². The number of nitrogens with zero attached hydrogens (tertiary/aromatic N) is 1. The first-order chi connectivity index (χ1) is 17.1. The molecule has 7 heteroatoms. The molecule has 1 aliphatic carbocycles. The number of hydrogen-bond acceptors (Lipinski definition) is 6. The summed E-state index contributed by atoms with van der Waals surface area (Å²) in [6.45, 7) is 5.05. The number of carbonyl (C=O) groups excluding carboxylic acids is 2. The molecule has 0 spiro atoms. The number of hydrogen-bond donors (Lipinski definition) is 3. The maximum atomic E-state index is 13.5. The summed E-state index contributed by atoms with van der Waals surface area (Å²) >= 11 is 0. The highest BCUT2D eigenvalue weighted by molar-refractivity contribution is 6.24. The Kier molecular flexibility index (Phi) is 10.1. The van der Waals surface area contributed by atoms with E-state index in [4.69, 9.17) is 5.11 Å². The molecule has 0 heterocycles. The standard InChI is InChI=1S/C28H33N3O4/c1-2-21-8-5-6-10-25(21)26-22(15-16-24(27(26)33)19-29-17-18-32)9-4-3-7-20-11-13-23(14-12-20)28(34)30-31-35/h2,5-6,8,10-14,24,29,32H,1,3-4,7,9,15-19H2,(H,30,34,35). The van der Waals surface area contributed by atoms with Gasteiger partial charge in [0.1, 0.15) is 0 Å². The lowest BCUT2D eigenvalue weighted by Gasteiger charge is -2.27. The molecule has 1 amide bonds. The number of aliphatic hydroxyl groups is 1. The van der Waals surface area contributed by atoms with E-state index in [9.17, 15) is 14.5 Å². The van der Waals surface area contributed by atoms with Crippen LogP contribution < -0.4 is 10.7 Å². The van der Waals surface area contributed by atoms with Gasteiger partial charge in [-0.1, -0.05) is 54.6 Å². The minimum atomic E-state index is -0.516. The molecule has 0 aliphatic heterocycles.